The average molecular weight is 311 g/mol. The van der Waals surface area contributed by atoms with Crippen LogP contribution in [0.3, 0.4) is 0 Å². The van der Waals surface area contributed by atoms with Gasteiger partial charge in [-0.15, -0.1) is 0 Å². The number of hydrogen-bond acceptors (Lipinski definition) is 4. The molecule has 0 bridgehead atoms. The van der Waals surface area contributed by atoms with Gasteiger partial charge in [0.05, 0.1) is 0 Å². The van der Waals surface area contributed by atoms with Crippen LogP contribution in [0.5, 0.6) is 11.8 Å². The number of benzene rings is 1. The van der Waals surface area contributed by atoms with Crippen LogP contribution in [-0.4, -0.2) is 16.0 Å². The maximum atomic E-state index is 5.70. The molecule has 4 heteroatoms. The lowest BCUT2D eigenvalue weighted by Gasteiger charge is -2.21. The molecule has 1 fully saturated rings. The van der Waals surface area contributed by atoms with Gasteiger partial charge < -0.3 is 10.1 Å². The van der Waals surface area contributed by atoms with Gasteiger partial charge in [0.2, 0.25) is 0 Å². The number of aromatic nitrogens is 2. The third-order valence-corrected chi connectivity index (χ3v) is 4.35. The zero-order valence-corrected chi connectivity index (χ0v) is 13.6. The fourth-order valence-corrected chi connectivity index (χ4v) is 3.08. The molecule has 1 aliphatic carbocycles. The molecule has 0 amide bonds. The molecule has 0 atom stereocenters. The van der Waals surface area contributed by atoms with E-state index in [-0.39, 0.29) is 0 Å². The highest BCUT2D eigenvalue weighted by Gasteiger charge is 2.10. The Morgan fingerprint density at radius 1 is 0.957 bits per heavy atom. The Balaban J connectivity index is 1.54. The standard InChI is InChI=1S/C19H25N3O/c1-2-4-9-17(10-5-3-1)22-15-16-8-6-11-18(14-16)23-19-20-12-7-13-21-19/h6-8,11-14,17,22H,1-5,9-10,15H2. The van der Waals surface area contributed by atoms with Crippen molar-refractivity contribution in [2.45, 2.75) is 57.5 Å². The summed E-state index contributed by atoms with van der Waals surface area (Å²) in [6, 6.07) is 11.0. The lowest BCUT2D eigenvalue weighted by Crippen LogP contribution is -2.29. The van der Waals surface area contributed by atoms with Gasteiger partial charge in [-0.2, -0.15) is 0 Å². The van der Waals surface area contributed by atoms with Gasteiger partial charge in [-0.3, -0.25) is 0 Å². The lowest BCUT2D eigenvalue weighted by atomic mass is 9.96. The first-order valence-electron chi connectivity index (χ1n) is 8.67. The van der Waals surface area contributed by atoms with Crippen molar-refractivity contribution < 1.29 is 4.74 Å². The number of hydrogen-bond donors (Lipinski definition) is 1. The van der Waals surface area contributed by atoms with Crippen LogP contribution in [-0.2, 0) is 6.54 Å². The van der Waals surface area contributed by atoms with Crippen LogP contribution in [0.25, 0.3) is 0 Å². The molecule has 0 spiro atoms. The Morgan fingerprint density at radius 2 is 1.70 bits per heavy atom. The van der Waals surface area contributed by atoms with Crippen LogP contribution in [0.15, 0.2) is 42.7 Å². The fourth-order valence-electron chi connectivity index (χ4n) is 3.08. The molecule has 0 unspecified atom stereocenters. The second-order valence-electron chi connectivity index (χ2n) is 6.20. The molecular formula is C19H25N3O. The van der Waals surface area contributed by atoms with E-state index in [0.717, 1.165) is 12.3 Å². The summed E-state index contributed by atoms with van der Waals surface area (Å²) in [5, 5.41) is 3.71. The van der Waals surface area contributed by atoms with Crippen LogP contribution in [0.4, 0.5) is 0 Å². The molecule has 122 valence electrons. The van der Waals surface area contributed by atoms with Gasteiger partial charge >= 0.3 is 6.01 Å². The predicted octanol–water partition coefficient (Wildman–Crippen LogP) is 4.47. The zero-order chi connectivity index (χ0) is 15.7. The summed E-state index contributed by atoms with van der Waals surface area (Å²) in [6.07, 6.45) is 12.9. The van der Waals surface area contributed by atoms with Crippen LogP contribution in [0, 0.1) is 0 Å². The summed E-state index contributed by atoms with van der Waals surface area (Å²) in [6.45, 7) is 0.886. The number of rotatable bonds is 5. The van der Waals surface area contributed by atoms with Gasteiger partial charge in [0.1, 0.15) is 5.75 Å². The Bertz CT molecular complexity index is 580. The van der Waals surface area contributed by atoms with Crippen LogP contribution in [0.1, 0.15) is 50.5 Å². The SMILES string of the molecule is c1cnc(Oc2cccc(CNC3CCCCCCC3)c2)nc1. The summed E-state index contributed by atoms with van der Waals surface area (Å²) in [5.41, 5.74) is 1.24. The van der Waals surface area contributed by atoms with E-state index >= 15 is 0 Å². The number of nitrogens with zero attached hydrogens (tertiary/aromatic N) is 2. The fraction of sp³-hybridized carbons (Fsp3) is 0.474. The quantitative estimate of drug-likeness (QED) is 0.885. The molecule has 1 saturated carbocycles. The van der Waals surface area contributed by atoms with Crippen LogP contribution in [0.2, 0.25) is 0 Å². The summed E-state index contributed by atoms with van der Waals surface area (Å²) >= 11 is 0. The highest BCUT2D eigenvalue weighted by Crippen LogP contribution is 2.20. The monoisotopic (exact) mass is 311 g/mol. The van der Waals surface area contributed by atoms with Crippen LogP contribution >= 0.6 is 0 Å². The summed E-state index contributed by atoms with van der Waals surface area (Å²) in [7, 11) is 0. The minimum Gasteiger partial charge on any atom is -0.424 e. The normalized spacial score (nSPS) is 16.5. The van der Waals surface area contributed by atoms with Crippen molar-refractivity contribution in [1.82, 2.24) is 15.3 Å². The van der Waals surface area contributed by atoms with Gasteiger partial charge in [-0.25, -0.2) is 9.97 Å². The first kappa shape index (κ1) is 15.9. The third kappa shape index (κ3) is 5.32. The number of ether oxygens (including phenoxy) is 1. The van der Waals surface area contributed by atoms with Crippen molar-refractivity contribution in [3.8, 4) is 11.8 Å². The molecular weight excluding hydrogens is 286 g/mol. The number of nitrogens with one attached hydrogen (secondary N) is 1. The molecule has 1 aromatic heterocycles. The minimum atomic E-state index is 0.387. The minimum absolute atomic E-state index is 0.387. The molecule has 2 aromatic rings. The van der Waals surface area contributed by atoms with Gasteiger partial charge in [-0.1, -0.05) is 44.2 Å². The topological polar surface area (TPSA) is 47.0 Å². The van der Waals surface area contributed by atoms with Gasteiger partial charge in [0.15, 0.2) is 0 Å². The van der Waals surface area contributed by atoms with Crippen molar-refractivity contribution in [2.75, 3.05) is 0 Å². The van der Waals surface area contributed by atoms with E-state index in [4.69, 9.17) is 4.74 Å². The summed E-state index contributed by atoms with van der Waals surface area (Å²) in [4.78, 5) is 8.19. The third-order valence-electron chi connectivity index (χ3n) is 4.35. The van der Waals surface area contributed by atoms with Crippen molar-refractivity contribution in [3.05, 3.63) is 48.3 Å². The Morgan fingerprint density at radius 3 is 2.48 bits per heavy atom. The van der Waals surface area contributed by atoms with E-state index in [1.54, 1.807) is 18.5 Å². The first-order valence-corrected chi connectivity index (χ1v) is 8.67. The van der Waals surface area contributed by atoms with E-state index in [1.807, 2.05) is 12.1 Å². The highest BCUT2D eigenvalue weighted by molar-refractivity contribution is 5.30. The molecule has 1 aliphatic rings. The smallest absolute Gasteiger partial charge is 0.321 e. The van der Waals surface area contributed by atoms with Crippen molar-refractivity contribution in [3.63, 3.8) is 0 Å². The van der Waals surface area contributed by atoms with E-state index < -0.39 is 0 Å². The van der Waals surface area contributed by atoms with E-state index in [1.165, 1.54) is 50.5 Å². The van der Waals surface area contributed by atoms with Crippen molar-refractivity contribution in [1.29, 1.82) is 0 Å². The lowest BCUT2D eigenvalue weighted by molar-refractivity contribution is 0.388. The van der Waals surface area contributed by atoms with Crippen molar-refractivity contribution in [2.24, 2.45) is 0 Å². The van der Waals surface area contributed by atoms with Crippen LogP contribution < -0.4 is 10.1 Å². The van der Waals surface area contributed by atoms with E-state index in [0.29, 0.717) is 12.1 Å². The van der Waals surface area contributed by atoms with E-state index in [9.17, 15) is 0 Å². The Hall–Kier alpha value is -1.94. The highest BCUT2D eigenvalue weighted by atomic mass is 16.5. The zero-order valence-electron chi connectivity index (χ0n) is 13.6. The second kappa shape index (κ2) is 8.63. The maximum Gasteiger partial charge on any atom is 0.321 e. The molecule has 0 aliphatic heterocycles. The second-order valence-corrected chi connectivity index (χ2v) is 6.20. The van der Waals surface area contributed by atoms with Gasteiger partial charge in [0.25, 0.3) is 0 Å². The van der Waals surface area contributed by atoms with Gasteiger partial charge in [-0.05, 0) is 36.6 Å². The van der Waals surface area contributed by atoms with E-state index in [2.05, 4.69) is 27.4 Å². The maximum absolute atomic E-state index is 5.70. The van der Waals surface area contributed by atoms with Crippen molar-refractivity contribution >= 4 is 0 Å². The molecule has 1 aromatic carbocycles. The van der Waals surface area contributed by atoms with Gasteiger partial charge in [0, 0.05) is 25.0 Å². The Labute approximate surface area is 138 Å². The summed E-state index contributed by atoms with van der Waals surface area (Å²) in [5.74, 6) is 0.785. The molecule has 0 saturated heterocycles. The first-order chi connectivity index (χ1) is 11.4. The Kier molecular flexibility index (Phi) is 5.98. The largest absolute Gasteiger partial charge is 0.424 e. The molecule has 1 N–H and O–H groups in total. The molecule has 4 nitrogen and oxygen atoms in total. The molecule has 0 radical (unpaired) electrons. The average Bonchev–Trinajstić information content (AvgIpc) is 2.55. The molecule has 3 rings (SSSR count). The predicted molar refractivity (Wildman–Crippen MR) is 91.5 cm³/mol. The summed E-state index contributed by atoms with van der Waals surface area (Å²) < 4.78 is 5.70. The molecule has 1 heterocycles. The molecule has 23 heavy (non-hydrogen) atoms.